The van der Waals surface area contributed by atoms with E-state index in [0.29, 0.717) is 5.02 Å². The normalized spacial score (nSPS) is 10.8. The summed E-state index contributed by atoms with van der Waals surface area (Å²) >= 11 is 9.10. The van der Waals surface area contributed by atoms with Crippen molar-refractivity contribution in [2.75, 3.05) is 5.33 Å². The van der Waals surface area contributed by atoms with E-state index in [1.165, 1.54) is 0 Å². The van der Waals surface area contributed by atoms with Crippen LogP contribution in [0.15, 0.2) is 24.3 Å². The van der Waals surface area contributed by atoms with E-state index in [-0.39, 0.29) is 6.42 Å². The first-order chi connectivity index (χ1) is 7.13. The van der Waals surface area contributed by atoms with Gasteiger partial charge >= 0.3 is 5.97 Å². The molecule has 0 aliphatic heterocycles. The number of hydrogen-bond acceptors (Lipinski definition) is 1. The zero-order valence-corrected chi connectivity index (χ0v) is 10.3. The Hall–Kier alpha value is -0.800. The van der Waals surface area contributed by atoms with Gasteiger partial charge in [-0.15, -0.1) is 0 Å². The SMILES string of the molecule is O=C(O)Cc1ccc(Cl)cc1C=CCBr. The maximum Gasteiger partial charge on any atom is 0.307 e. The van der Waals surface area contributed by atoms with Crippen LogP contribution in [-0.4, -0.2) is 16.4 Å². The van der Waals surface area contributed by atoms with Gasteiger partial charge in [0.05, 0.1) is 6.42 Å². The Morgan fingerprint density at radius 1 is 1.53 bits per heavy atom. The minimum absolute atomic E-state index is 0.0130. The highest BCUT2D eigenvalue weighted by atomic mass is 79.9. The minimum Gasteiger partial charge on any atom is -0.481 e. The van der Waals surface area contributed by atoms with Crippen molar-refractivity contribution in [3.05, 3.63) is 40.4 Å². The second-order valence-corrected chi connectivity index (χ2v) is 4.05. The van der Waals surface area contributed by atoms with E-state index in [2.05, 4.69) is 15.9 Å². The Morgan fingerprint density at radius 3 is 2.87 bits per heavy atom. The first-order valence-electron chi connectivity index (χ1n) is 4.36. The molecule has 0 amide bonds. The van der Waals surface area contributed by atoms with Gasteiger partial charge in [0.2, 0.25) is 0 Å². The number of aliphatic carboxylic acids is 1. The van der Waals surface area contributed by atoms with Gasteiger partial charge in [0, 0.05) is 10.4 Å². The van der Waals surface area contributed by atoms with Gasteiger partial charge < -0.3 is 5.11 Å². The Bertz CT molecular complexity index is 388. The van der Waals surface area contributed by atoms with Crippen LogP contribution in [-0.2, 0) is 11.2 Å². The Kier molecular flexibility index (Phi) is 4.85. The molecule has 1 N–H and O–H groups in total. The number of carboxylic acid groups (broad SMARTS) is 1. The number of alkyl halides is 1. The van der Waals surface area contributed by atoms with Crippen LogP contribution in [0.4, 0.5) is 0 Å². The zero-order valence-electron chi connectivity index (χ0n) is 7.91. The van der Waals surface area contributed by atoms with Crippen LogP contribution in [0, 0.1) is 0 Å². The molecule has 0 bridgehead atoms. The van der Waals surface area contributed by atoms with Crippen molar-refractivity contribution < 1.29 is 9.90 Å². The lowest BCUT2D eigenvalue weighted by molar-refractivity contribution is -0.136. The van der Waals surface area contributed by atoms with Crippen molar-refractivity contribution in [2.24, 2.45) is 0 Å². The molecule has 0 aliphatic carbocycles. The molecule has 0 aliphatic rings. The fraction of sp³-hybridized carbons (Fsp3) is 0.182. The molecule has 0 fully saturated rings. The fourth-order valence-electron chi connectivity index (χ4n) is 1.22. The molecule has 0 radical (unpaired) electrons. The first-order valence-corrected chi connectivity index (χ1v) is 5.86. The molecule has 0 saturated heterocycles. The summed E-state index contributed by atoms with van der Waals surface area (Å²) in [5.41, 5.74) is 1.62. The summed E-state index contributed by atoms with van der Waals surface area (Å²) in [5, 5.41) is 10.1. The summed E-state index contributed by atoms with van der Waals surface area (Å²) < 4.78 is 0. The predicted octanol–water partition coefficient (Wildman–Crippen LogP) is 3.38. The molecule has 1 aromatic carbocycles. The molecule has 0 spiro atoms. The van der Waals surface area contributed by atoms with E-state index in [1.807, 2.05) is 12.2 Å². The van der Waals surface area contributed by atoms with Gasteiger partial charge in [-0.25, -0.2) is 0 Å². The van der Waals surface area contributed by atoms with Crippen LogP contribution in [0.3, 0.4) is 0 Å². The topological polar surface area (TPSA) is 37.3 Å². The van der Waals surface area contributed by atoms with E-state index in [1.54, 1.807) is 18.2 Å². The number of carboxylic acids is 1. The summed E-state index contributed by atoms with van der Waals surface area (Å²) in [6.07, 6.45) is 3.77. The molecule has 0 unspecified atom stereocenters. The second-order valence-electron chi connectivity index (χ2n) is 2.97. The third kappa shape index (κ3) is 4.06. The number of carbonyl (C=O) groups is 1. The van der Waals surface area contributed by atoms with Crippen LogP contribution < -0.4 is 0 Å². The lowest BCUT2D eigenvalue weighted by Gasteiger charge is -2.03. The van der Waals surface area contributed by atoms with Crippen molar-refractivity contribution in [3.63, 3.8) is 0 Å². The molecule has 15 heavy (non-hydrogen) atoms. The average molecular weight is 290 g/mol. The minimum atomic E-state index is -0.842. The van der Waals surface area contributed by atoms with E-state index in [4.69, 9.17) is 16.7 Å². The summed E-state index contributed by atoms with van der Waals surface area (Å²) in [6, 6.07) is 5.20. The van der Waals surface area contributed by atoms with Crippen molar-refractivity contribution in [1.82, 2.24) is 0 Å². The maximum absolute atomic E-state index is 10.6. The van der Waals surface area contributed by atoms with Crippen LogP contribution in [0.1, 0.15) is 11.1 Å². The summed E-state index contributed by atoms with van der Waals surface area (Å²) in [4.78, 5) is 10.6. The van der Waals surface area contributed by atoms with Gasteiger partial charge in [-0.05, 0) is 23.3 Å². The van der Waals surface area contributed by atoms with Crippen LogP contribution in [0.5, 0.6) is 0 Å². The highest BCUT2D eigenvalue weighted by Gasteiger charge is 2.05. The van der Waals surface area contributed by atoms with Gasteiger partial charge in [0.15, 0.2) is 0 Å². The summed E-state index contributed by atoms with van der Waals surface area (Å²) in [7, 11) is 0. The molecule has 2 nitrogen and oxygen atoms in total. The first kappa shape index (κ1) is 12.3. The molecule has 0 heterocycles. The van der Waals surface area contributed by atoms with Gasteiger partial charge in [0.1, 0.15) is 0 Å². The molecular weight excluding hydrogens is 279 g/mol. The highest BCUT2D eigenvalue weighted by Crippen LogP contribution is 2.18. The molecule has 0 aromatic heterocycles. The fourth-order valence-corrected chi connectivity index (χ4v) is 1.58. The highest BCUT2D eigenvalue weighted by molar-refractivity contribution is 9.09. The third-order valence-electron chi connectivity index (χ3n) is 1.84. The number of halogens is 2. The number of benzene rings is 1. The lowest BCUT2D eigenvalue weighted by atomic mass is 10.0. The smallest absolute Gasteiger partial charge is 0.307 e. The predicted molar refractivity (Wildman–Crippen MR) is 65.6 cm³/mol. The molecule has 0 atom stereocenters. The summed E-state index contributed by atoms with van der Waals surface area (Å²) in [6.45, 7) is 0. The van der Waals surface area contributed by atoms with Crippen LogP contribution in [0.2, 0.25) is 5.02 Å². The standard InChI is InChI=1S/C11H10BrClO2/c12-5-1-2-8-6-10(13)4-3-9(8)7-11(14)15/h1-4,6H,5,7H2,(H,14,15). The molecular formula is C11H10BrClO2. The molecule has 1 rings (SSSR count). The van der Waals surface area contributed by atoms with Gasteiger partial charge in [-0.1, -0.05) is 45.7 Å². The van der Waals surface area contributed by atoms with Gasteiger partial charge in [-0.2, -0.15) is 0 Å². The van der Waals surface area contributed by atoms with Gasteiger partial charge in [0.25, 0.3) is 0 Å². The monoisotopic (exact) mass is 288 g/mol. The van der Waals surface area contributed by atoms with E-state index < -0.39 is 5.97 Å². The Labute approximate surface area is 102 Å². The largest absolute Gasteiger partial charge is 0.481 e. The Balaban J connectivity index is 3.02. The second kappa shape index (κ2) is 5.93. The quantitative estimate of drug-likeness (QED) is 0.863. The number of rotatable bonds is 4. The number of allylic oxidation sites excluding steroid dienone is 1. The van der Waals surface area contributed by atoms with E-state index in [9.17, 15) is 4.79 Å². The summed E-state index contributed by atoms with van der Waals surface area (Å²) in [5.74, 6) is -0.842. The van der Waals surface area contributed by atoms with Crippen LogP contribution in [0.25, 0.3) is 6.08 Å². The average Bonchev–Trinajstić information content (AvgIpc) is 2.18. The zero-order chi connectivity index (χ0) is 11.3. The van der Waals surface area contributed by atoms with Gasteiger partial charge in [-0.3, -0.25) is 4.79 Å². The van der Waals surface area contributed by atoms with E-state index >= 15 is 0 Å². The lowest BCUT2D eigenvalue weighted by Crippen LogP contribution is -2.01. The molecule has 0 saturated carbocycles. The molecule has 1 aromatic rings. The van der Waals surface area contributed by atoms with Crippen LogP contribution >= 0.6 is 27.5 Å². The maximum atomic E-state index is 10.6. The van der Waals surface area contributed by atoms with Crippen molar-refractivity contribution in [3.8, 4) is 0 Å². The van der Waals surface area contributed by atoms with Crippen molar-refractivity contribution in [1.29, 1.82) is 0 Å². The van der Waals surface area contributed by atoms with Crippen molar-refractivity contribution in [2.45, 2.75) is 6.42 Å². The Morgan fingerprint density at radius 2 is 2.27 bits per heavy atom. The third-order valence-corrected chi connectivity index (χ3v) is 2.45. The molecule has 80 valence electrons. The van der Waals surface area contributed by atoms with Crippen molar-refractivity contribution >= 4 is 39.6 Å². The molecule has 4 heteroatoms. The van der Waals surface area contributed by atoms with E-state index in [0.717, 1.165) is 16.5 Å². The number of hydrogen-bond donors (Lipinski definition) is 1.